The number of hydrogen-bond acceptors (Lipinski definition) is 3. The van der Waals surface area contributed by atoms with Gasteiger partial charge in [-0.15, -0.1) is 0 Å². The fourth-order valence-corrected chi connectivity index (χ4v) is 1.98. The van der Waals surface area contributed by atoms with Gasteiger partial charge in [-0.2, -0.15) is 9.65 Å². The van der Waals surface area contributed by atoms with Crippen LogP contribution in [0.25, 0.3) is 5.83 Å². The molecule has 9 heteroatoms. The third kappa shape index (κ3) is 3.69. The van der Waals surface area contributed by atoms with Gasteiger partial charge in [0.15, 0.2) is 5.83 Å². The third-order valence-electron chi connectivity index (χ3n) is 3.12. The monoisotopic (exact) mass is 371 g/mol. The molecule has 0 spiro atoms. The van der Waals surface area contributed by atoms with Gasteiger partial charge in [-0.05, 0) is 24.6 Å². The molecule has 0 saturated heterocycles. The summed E-state index contributed by atoms with van der Waals surface area (Å²) in [6, 6.07) is 3.40. The molecule has 26 heavy (non-hydrogen) atoms. The Balaban J connectivity index is 2.38. The first-order valence-electron chi connectivity index (χ1n) is 6.78. The van der Waals surface area contributed by atoms with E-state index in [0.29, 0.717) is 24.3 Å². The van der Waals surface area contributed by atoms with Crippen molar-refractivity contribution in [2.45, 2.75) is 6.92 Å². The maximum absolute atomic E-state index is 13.9. The standard InChI is InChI=1S/C17H7F6NO2/c1-7-2-12(20)14(13(21)3-7)15(22)16(23)17(25)26-8-4-10(18)9(6-24)11(19)5-8/h2-5H,1H3/b16-15+. The van der Waals surface area contributed by atoms with E-state index in [-0.39, 0.29) is 5.56 Å². The highest BCUT2D eigenvalue weighted by atomic mass is 19.2. The third-order valence-corrected chi connectivity index (χ3v) is 3.12. The predicted octanol–water partition coefficient (Wildman–Crippen LogP) is 4.64. The molecule has 0 fully saturated rings. The summed E-state index contributed by atoms with van der Waals surface area (Å²) in [6.45, 7) is 1.30. The van der Waals surface area contributed by atoms with Gasteiger partial charge in [-0.1, -0.05) is 0 Å². The summed E-state index contributed by atoms with van der Waals surface area (Å²) in [5, 5.41) is 8.50. The van der Waals surface area contributed by atoms with Gasteiger partial charge in [0, 0.05) is 12.1 Å². The first-order valence-corrected chi connectivity index (χ1v) is 6.78. The Morgan fingerprint density at radius 2 is 1.46 bits per heavy atom. The molecule has 3 nitrogen and oxygen atoms in total. The predicted molar refractivity (Wildman–Crippen MR) is 76.9 cm³/mol. The molecule has 0 aliphatic rings. The summed E-state index contributed by atoms with van der Waals surface area (Å²) >= 11 is 0. The number of esters is 1. The van der Waals surface area contributed by atoms with Crippen LogP contribution in [0, 0.1) is 41.5 Å². The Hall–Kier alpha value is -3.28. The van der Waals surface area contributed by atoms with Crippen molar-refractivity contribution < 1.29 is 35.9 Å². The number of aryl methyl sites for hydroxylation is 1. The van der Waals surface area contributed by atoms with Crippen LogP contribution in [-0.2, 0) is 4.79 Å². The van der Waals surface area contributed by atoms with Gasteiger partial charge in [0.25, 0.3) is 0 Å². The van der Waals surface area contributed by atoms with Crippen LogP contribution in [-0.4, -0.2) is 5.97 Å². The minimum atomic E-state index is -2.31. The van der Waals surface area contributed by atoms with E-state index < -0.39 is 57.8 Å². The number of halogens is 6. The molecule has 0 aliphatic heterocycles. The second-order valence-electron chi connectivity index (χ2n) is 4.99. The Bertz CT molecular complexity index is 932. The van der Waals surface area contributed by atoms with E-state index >= 15 is 0 Å². The normalized spacial score (nSPS) is 11.6. The summed E-state index contributed by atoms with van der Waals surface area (Å²) in [5.74, 6) is -13.2. The van der Waals surface area contributed by atoms with Crippen LogP contribution >= 0.6 is 0 Å². The number of nitrogens with zero attached hydrogens (tertiary/aromatic N) is 1. The molecule has 2 aromatic carbocycles. The molecule has 2 aromatic rings. The fraction of sp³-hybridized carbons (Fsp3) is 0.0588. The van der Waals surface area contributed by atoms with Crippen molar-refractivity contribution in [3.63, 3.8) is 0 Å². The lowest BCUT2D eigenvalue weighted by Gasteiger charge is -2.07. The Kier molecular flexibility index (Phi) is 5.35. The highest BCUT2D eigenvalue weighted by Gasteiger charge is 2.25. The van der Waals surface area contributed by atoms with Crippen molar-refractivity contribution in [3.05, 3.63) is 70.1 Å². The van der Waals surface area contributed by atoms with E-state index in [0.717, 1.165) is 0 Å². The van der Waals surface area contributed by atoms with E-state index in [1.54, 1.807) is 0 Å². The van der Waals surface area contributed by atoms with E-state index in [1.807, 2.05) is 0 Å². The minimum Gasteiger partial charge on any atom is -0.421 e. The summed E-state index contributed by atoms with van der Waals surface area (Å²) in [4.78, 5) is 11.5. The van der Waals surface area contributed by atoms with Crippen molar-refractivity contribution in [1.29, 1.82) is 5.26 Å². The quantitative estimate of drug-likeness (QED) is 0.342. The van der Waals surface area contributed by atoms with Crippen molar-refractivity contribution in [3.8, 4) is 11.8 Å². The van der Waals surface area contributed by atoms with Crippen LogP contribution in [0.5, 0.6) is 5.75 Å². The van der Waals surface area contributed by atoms with Crippen molar-refractivity contribution in [2.75, 3.05) is 0 Å². The first-order chi connectivity index (χ1) is 12.1. The lowest BCUT2D eigenvalue weighted by atomic mass is 10.1. The molecule has 0 amide bonds. The Labute approximate surface area is 142 Å². The van der Waals surface area contributed by atoms with Crippen LogP contribution in [0.2, 0.25) is 0 Å². The van der Waals surface area contributed by atoms with Crippen LogP contribution in [0.4, 0.5) is 26.3 Å². The summed E-state index contributed by atoms with van der Waals surface area (Å²) in [7, 11) is 0. The number of nitriles is 1. The average Bonchev–Trinajstić information content (AvgIpc) is 2.52. The summed E-state index contributed by atoms with van der Waals surface area (Å²) in [6.07, 6.45) is 0. The molecule has 0 heterocycles. The van der Waals surface area contributed by atoms with Gasteiger partial charge in [-0.25, -0.2) is 26.7 Å². The Morgan fingerprint density at radius 3 is 1.92 bits per heavy atom. The lowest BCUT2D eigenvalue weighted by Crippen LogP contribution is -2.11. The van der Waals surface area contributed by atoms with Crippen molar-refractivity contribution >= 4 is 11.8 Å². The van der Waals surface area contributed by atoms with E-state index in [9.17, 15) is 31.1 Å². The second-order valence-corrected chi connectivity index (χ2v) is 4.99. The zero-order valence-electron chi connectivity index (χ0n) is 12.8. The van der Waals surface area contributed by atoms with Crippen LogP contribution in [0.1, 0.15) is 16.7 Å². The van der Waals surface area contributed by atoms with Crippen molar-refractivity contribution in [1.82, 2.24) is 0 Å². The molecular weight excluding hydrogens is 364 g/mol. The van der Waals surface area contributed by atoms with Crippen LogP contribution in [0.15, 0.2) is 30.1 Å². The average molecular weight is 371 g/mol. The van der Waals surface area contributed by atoms with E-state index in [1.165, 1.54) is 13.0 Å². The molecule has 0 aliphatic carbocycles. The number of carbonyl (C=O) groups is 1. The molecule has 0 N–H and O–H groups in total. The molecule has 0 unspecified atom stereocenters. The molecule has 0 radical (unpaired) electrons. The highest BCUT2D eigenvalue weighted by molar-refractivity contribution is 5.95. The van der Waals surface area contributed by atoms with Crippen LogP contribution in [0.3, 0.4) is 0 Å². The van der Waals surface area contributed by atoms with Gasteiger partial charge in [0.05, 0.1) is 5.56 Å². The molecule has 0 atom stereocenters. The maximum atomic E-state index is 13.9. The molecule has 0 saturated carbocycles. The molecular formula is C17H7F6NO2. The van der Waals surface area contributed by atoms with Crippen LogP contribution < -0.4 is 4.74 Å². The molecule has 0 bridgehead atoms. The topological polar surface area (TPSA) is 50.1 Å². The van der Waals surface area contributed by atoms with E-state index in [4.69, 9.17) is 5.26 Å². The zero-order chi connectivity index (χ0) is 19.6. The van der Waals surface area contributed by atoms with Gasteiger partial charge < -0.3 is 4.74 Å². The first kappa shape index (κ1) is 19.1. The summed E-state index contributed by atoms with van der Waals surface area (Å²) in [5.41, 5.74) is -2.32. The number of ether oxygens (including phenoxy) is 1. The number of hydrogen-bond donors (Lipinski definition) is 0. The SMILES string of the molecule is Cc1cc(F)c(/C(F)=C(\F)C(=O)Oc2cc(F)c(C#N)c(F)c2)c(F)c1. The van der Waals surface area contributed by atoms with Gasteiger partial charge in [-0.3, -0.25) is 0 Å². The number of rotatable bonds is 3. The molecule has 134 valence electrons. The lowest BCUT2D eigenvalue weighted by molar-refractivity contribution is -0.131. The number of carbonyl (C=O) groups excluding carboxylic acids is 1. The largest absolute Gasteiger partial charge is 0.421 e. The summed E-state index contributed by atoms with van der Waals surface area (Å²) < 4.78 is 86.1. The van der Waals surface area contributed by atoms with E-state index in [2.05, 4.69) is 4.74 Å². The van der Waals surface area contributed by atoms with Crippen molar-refractivity contribution in [2.24, 2.45) is 0 Å². The Morgan fingerprint density at radius 1 is 0.962 bits per heavy atom. The fourth-order valence-electron chi connectivity index (χ4n) is 1.98. The van der Waals surface area contributed by atoms with Gasteiger partial charge in [0.1, 0.15) is 40.7 Å². The maximum Gasteiger partial charge on any atom is 0.375 e. The second kappa shape index (κ2) is 7.31. The number of benzene rings is 2. The molecule has 0 aromatic heterocycles. The zero-order valence-corrected chi connectivity index (χ0v) is 12.8. The highest BCUT2D eigenvalue weighted by Crippen LogP contribution is 2.29. The minimum absolute atomic E-state index is 0.0862. The smallest absolute Gasteiger partial charge is 0.375 e. The van der Waals surface area contributed by atoms with Gasteiger partial charge >= 0.3 is 5.97 Å². The molecule has 2 rings (SSSR count). The van der Waals surface area contributed by atoms with Gasteiger partial charge in [0.2, 0.25) is 5.83 Å².